The number of carbonyl (C=O) groups is 1. The number of imidazole rings is 1. The van der Waals surface area contributed by atoms with Crippen LogP contribution in [-0.4, -0.2) is 38.0 Å². The summed E-state index contributed by atoms with van der Waals surface area (Å²) < 4.78 is 16.8. The Bertz CT molecular complexity index is 1140. The molecule has 0 aliphatic carbocycles. The molecule has 0 bridgehead atoms. The predicted octanol–water partition coefficient (Wildman–Crippen LogP) is 2.52. The van der Waals surface area contributed by atoms with Crippen molar-refractivity contribution in [1.82, 2.24) is 19.0 Å². The summed E-state index contributed by atoms with van der Waals surface area (Å²) in [4.78, 5) is 31.4. The largest absolute Gasteiger partial charge is 0.384 e. The van der Waals surface area contributed by atoms with Crippen molar-refractivity contribution in [3.63, 3.8) is 0 Å². The SMILES string of the molecule is Cn1c(=O)n([C@H]2CCCN(C(=O)Cc3cc(F)cc(Cl)c3)C2)c2cc(N)ncc21. The molecule has 1 saturated heterocycles. The van der Waals surface area contributed by atoms with Gasteiger partial charge in [0, 0.05) is 31.2 Å². The number of nitrogens with two attached hydrogens (primary N) is 1. The first-order valence-corrected chi connectivity index (χ1v) is 9.76. The Morgan fingerprint density at radius 2 is 2.10 bits per heavy atom. The molecule has 152 valence electrons. The molecule has 1 aromatic carbocycles. The molecule has 1 aliphatic rings. The van der Waals surface area contributed by atoms with Crippen LogP contribution in [0.5, 0.6) is 0 Å². The number of hydrogen-bond donors (Lipinski definition) is 1. The molecule has 2 aromatic heterocycles. The number of fused-ring (bicyclic) bond motifs is 1. The van der Waals surface area contributed by atoms with E-state index in [0.29, 0.717) is 35.5 Å². The highest BCUT2D eigenvalue weighted by atomic mass is 35.5. The Morgan fingerprint density at radius 3 is 2.86 bits per heavy atom. The van der Waals surface area contributed by atoms with Crippen LogP contribution in [0, 0.1) is 5.82 Å². The molecule has 29 heavy (non-hydrogen) atoms. The molecular weight excluding hydrogens is 397 g/mol. The molecule has 3 aromatic rings. The van der Waals surface area contributed by atoms with Crippen LogP contribution in [0.3, 0.4) is 0 Å². The number of likely N-dealkylation sites (tertiary alicyclic amines) is 1. The molecule has 2 N–H and O–H groups in total. The van der Waals surface area contributed by atoms with E-state index in [0.717, 1.165) is 12.8 Å². The van der Waals surface area contributed by atoms with Gasteiger partial charge in [0.05, 0.1) is 29.7 Å². The Morgan fingerprint density at radius 1 is 1.31 bits per heavy atom. The Balaban J connectivity index is 1.60. The molecule has 9 heteroatoms. The summed E-state index contributed by atoms with van der Waals surface area (Å²) >= 11 is 5.89. The van der Waals surface area contributed by atoms with E-state index in [1.165, 1.54) is 16.7 Å². The van der Waals surface area contributed by atoms with Gasteiger partial charge in [-0.25, -0.2) is 14.2 Å². The first kappa shape index (κ1) is 19.4. The number of carbonyl (C=O) groups excluding carboxylic acids is 1. The monoisotopic (exact) mass is 417 g/mol. The molecule has 1 fully saturated rings. The first-order valence-electron chi connectivity index (χ1n) is 9.38. The summed E-state index contributed by atoms with van der Waals surface area (Å²) in [5, 5.41) is 0.262. The molecule has 0 saturated carbocycles. The van der Waals surface area contributed by atoms with Gasteiger partial charge in [-0.15, -0.1) is 0 Å². The van der Waals surface area contributed by atoms with Gasteiger partial charge in [-0.1, -0.05) is 11.6 Å². The maximum atomic E-state index is 13.6. The molecular formula is C20H21ClFN5O2. The van der Waals surface area contributed by atoms with Crippen LogP contribution in [0.25, 0.3) is 11.0 Å². The fourth-order valence-electron chi connectivity index (χ4n) is 4.02. The van der Waals surface area contributed by atoms with E-state index < -0.39 is 5.82 Å². The Labute approximate surface area is 171 Å². The number of nitrogens with zero attached hydrogens (tertiary/aromatic N) is 4. The molecule has 1 aliphatic heterocycles. The van der Waals surface area contributed by atoms with Gasteiger partial charge in [0.1, 0.15) is 11.6 Å². The summed E-state index contributed by atoms with van der Waals surface area (Å²) in [5.41, 5.74) is 7.60. The topological polar surface area (TPSA) is 86.2 Å². The van der Waals surface area contributed by atoms with E-state index in [1.807, 2.05) is 0 Å². The number of anilines is 1. The van der Waals surface area contributed by atoms with Crippen molar-refractivity contribution in [2.75, 3.05) is 18.8 Å². The zero-order valence-electron chi connectivity index (χ0n) is 15.9. The van der Waals surface area contributed by atoms with Gasteiger partial charge in [0.2, 0.25) is 5.91 Å². The minimum atomic E-state index is -0.467. The summed E-state index contributed by atoms with van der Waals surface area (Å²) in [5.74, 6) is -0.250. The lowest BCUT2D eigenvalue weighted by atomic mass is 10.0. The molecule has 1 atom stereocenters. The van der Waals surface area contributed by atoms with Crippen molar-refractivity contribution in [3.8, 4) is 0 Å². The number of piperidine rings is 1. The normalized spacial score (nSPS) is 17.1. The van der Waals surface area contributed by atoms with Gasteiger partial charge in [-0.05, 0) is 36.6 Å². The van der Waals surface area contributed by atoms with Crippen LogP contribution in [0.1, 0.15) is 24.4 Å². The third-order valence-corrected chi connectivity index (χ3v) is 5.61. The predicted molar refractivity (Wildman–Crippen MR) is 109 cm³/mol. The fourth-order valence-corrected chi connectivity index (χ4v) is 4.26. The van der Waals surface area contributed by atoms with Gasteiger partial charge >= 0.3 is 5.69 Å². The van der Waals surface area contributed by atoms with Gasteiger partial charge in [-0.2, -0.15) is 0 Å². The van der Waals surface area contributed by atoms with E-state index in [2.05, 4.69) is 4.98 Å². The quantitative estimate of drug-likeness (QED) is 0.709. The molecule has 7 nitrogen and oxygen atoms in total. The minimum absolute atomic E-state index is 0.0610. The van der Waals surface area contributed by atoms with Crippen molar-refractivity contribution < 1.29 is 9.18 Å². The van der Waals surface area contributed by atoms with Crippen molar-refractivity contribution >= 4 is 34.4 Å². The Kier molecular flexibility index (Phi) is 5.04. The molecule has 3 heterocycles. The smallest absolute Gasteiger partial charge is 0.329 e. The summed E-state index contributed by atoms with van der Waals surface area (Å²) in [7, 11) is 1.69. The average molecular weight is 418 g/mol. The Hall–Kier alpha value is -2.87. The summed E-state index contributed by atoms with van der Waals surface area (Å²) in [6.45, 7) is 1.00. The van der Waals surface area contributed by atoms with Gasteiger partial charge < -0.3 is 10.6 Å². The molecule has 0 radical (unpaired) electrons. The van der Waals surface area contributed by atoms with Crippen LogP contribution in [-0.2, 0) is 18.3 Å². The van der Waals surface area contributed by atoms with Crippen molar-refractivity contribution in [1.29, 1.82) is 0 Å². The maximum absolute atomic E-state index is 13.6. The van der Waals surface area contributed by atoms with E-state index in [4.69, 9.17) is 17.3 Å². The lowest BCUT2D eigenvalue weighted by Crippen LogP contribution is -2.43. The number of pyridine rings is 1. The van der Waals surface area contributed by atoms with Crippen LogP contribution < -0.4 is 11.4 Å². The number of benzene rings is 1. The van der Waals surface area contributed by atoms with E-state index in [9.17, 15) is 14.0 Å². The number of aryl methyl sites for hydroxylation is 1. The third-order valence-electron chi connectivity index (χ3n) is 5.39. The second kappa shape index (κ2) is 7.51. The van der Waals surface area contributed by atoms with E-state index >= 15 is 0 Å². The molecule has 0 spiro atoms. The molecule has 1 amide bonds. The number of hydrogen-bond acceptors (Lipinski definition) is 4. The fraction of sp³-hybridized carbons (Fsp3) is 0.350. The van der Waals surface area contributed by atoms with Crippen LogP contribution in [0.4, 0.5) is 10.2 Å². The number of halogens is 2. The minimum Gasteiger partial charge on any atom is -0.384 e. The van der Waals surface area contributed by atoms with E-state index in [1.54, 1.807) is 34.8 Å². The van der Waals surface area contributed by atoms with Crippen LogP contribution in [0.2, 0.25) is 5.02 Å². The van der Waals surface area contributed by atoms with Crippen molar-refractivity contribution in [3.05, 3.63) is 57.3 Å². The maximum Gasteiger partial charge on any atom is 0.329 e. The highest BCUT2D eigenvalue weighted by Gasteiger charge is 2.28. The van der Waals surface area contributed by atoms with Crippen LogP contribution in [0.15, 0.2) is 35.3 Å². The lowest BCUT2D eigenvalue weighted by molar-refractivity contribution is -0.132. The summed E-state index contributed by atoms with van der Waals surface area (Å²) in [6.07, 6.45) is 3.19. The molecule has 0 unspecified atom stereocenters. The summed E-state index contributed by atoms with van der Waals surface area (Å²) in [6, 6.07) is 5.64. The van der Waals surface area contributed by atoms with Crippen molar-refractivity contribution in [2.45, 2.75) is 25.3 Å². The second-order valence-corrected chi connectivity index (χ2v) is 7.84. The number of nitrogen functional groups attached to an aromatic ring is 1. The highest BCUT2D eigenvalue weighted by Crippen LogP contribution is 2.26. The van der Waals surface area contributed by atoms with Crippen molar-refractivity contribution in [2.24, 2.45) is 7.05 Å². The zero-order valence-corrected chi connectivity index (χ0v) is 16.7. The third kappa shape index (κ3) is 3.72. The van der Waals surface area contributed by atoms with Gasteiger partial charge in [0.15, 0.2) is 0 Å². The lowest BCUT2D eigenvalue weighted by Gasteiger charge is -2.33. The van der Waals surface area contributed by atoms with Gasteiger partial charge in [0.25, 0.3) is 0 Å². The van der Waals surface area contributed by atoms with Crippen LogP contribution >= 0.6 is 11.6 Å². The highest BCUT2D eigenvalue weighted by molar-refractivity contribution is 6.30. The zero-order chi connectivity index (χ0) is 20.7. The number of amides is 1. The number of aromatic nitrogens is 3. The van der Waals surface area contributed by atoms with Gasteiger partial charge in [-0.3, -0.25) is 13.9 Å². The first-order chi connectivity index (χ1) is 13.8. The molecule has 4 rings (SSSR count). The average Bonchev–Trinajstić information content (AvgIpc) is 2.91. The van der Waals surface area contributed by atoms with E-state index in [-0.39, 0.29) is 29.1 Å². The number of rotatable bonds is 3. The standard InChI is InChI=1S/C20H21ClFN5O2/c1-25-17-10-24-18(23)9-16(17)27(20(25)29)15-3-2-4-26(11-15)19(28)7-12-5-13(21)8-14(22)6-12/h5-6,8-10,15H,2-4,7,11H2,1H3,(H2,23,24)/t15-/m0/s1. The second-order valence-electron chi connectivity index (χ2n) is 7.40.